The molecule has 3 nitrogen and oxygen atoms in total. The zero-order valence-electron chi connectivity index (χ0n) is 19.0. The molecule has 0 bridgehead atoms. The molecule has 0 atom stereocenters. The highest BCUT2D eigenvalue weighted by Crippen LogP contribution is 2.41. The van der Waals surface area contributed by atoms with E-state index in [0.29, 0.717) is 17.8 Å². The molecule has 2 heterocycles. The van der Waals surface area contributed by atoms with Crippen LogP contribution < -0.4 is 5.63 Å². The summed E-state index contributed by atoms with van der Waals surface area (Å²) in [5, 5.41) is 2.02. The Morgan fingerprint density at radius 2 is 1.75 bits per heavy atom. The summed E-state index contributed by atoms with van der Waals surface area (Å²) in [7, 11) is 0. The Balaban J connectivity index is 1.64. The van der Waals surface area contributed by atoms with Crippen LogP contribution in [0.15, 0.2) is 87.1 Å². The molecule has 0 fully saturated rings. The highest BCUT2D eigenvalue weighted by atomic mass is 16.4. The van der Waals surface area contributed by atoms with Crippen LogP contribution in [0, 0.1) is 5.41 Å². The van der Waals surface area contributed by atoms with Crippen molar-refractivity contribution in [2.75, 3.05) is 0 Å². The topological polar surface area (TPSA) is 35.1 Å². The van der Waals surface area contributed by atoms with Crippen LogP contribution in [0.5, 0.6) is 0 Å². The molecule has 0 N–H and O–H groups in total. The van der Waals surface area contributed by atoms with Gasteiger partial charge in [-0.1, -0.05) is 74.0 Å². The average molecular weight is 424 g/mol. The molecule has 2 aromatic carbocycles. The van der Waals surface area contributed by atoms with Crippen LogP contribution >= 0.6 is 0 Å². The van der Waals surface area contributed by atoms with Crippen molar-refractivity contribution in [3.05, 3.63) is 99.6 Å². The minimum absolute atomic E-state index is 0.148. The second kappa shape index (κ2) is 7.98. The largest absolute Gasteiger partial charge is 0.422 e. The third-order valence-corrected chi connectivity index (χ3v) is 6.84. The molecule has 0 radical (unpaired) electrons. The fraction of sp³-hybridized carbons (Fsp3) is 0.276. The molecule has 1 aliphatic carbocycles. The molecule has 0 spiro atoms. The summed E-state index contributed by atoms with van der Waals surface area (Å²) in [5.74, 6) is 0.604. The molecular formula is C29H29NO2. The normalized spacial score (nSPS) is 16.5. The second-order valence-corrected chi connectivity index (χ2v) is 9.55. The van der Waals surface area contributed by atoms with Gasteiger partial charge in [-0.15, -0.1) is 0 Å². The summed E-state index contributed by atoms with van der Waals surface area (Å²) in [6, 6.07) is 20.5. The zero-order valence-corrected chi connectivity index (χ0v) is 19.0. The van der Waals surface area contributed by atoms with Crippen LogP contribution in [-0.2, 0) is 6.54 Å². The van der Waals surface area contributed by atoms with Crippen molar-refractivity contribution in [2.45, 2.75) is 46.6 Å². The van der Waals surface area contributed by atoms with E-state index in [1.54, 1.807) is 0 Å². The highest BCUT2D eigenvalue weighted by molar-refractivity contribution is 6.08. The van der Waals surface area contributed by atoms with Crippen LogP contribution in [0.3, 0.4) is 0 Å². The van der Waals surface area contributed by atoms with Crippen LogP contribution in [0.4, 0.5) is 0 Å². The Morgan fingerprint density at radius 3 is 2.53 bits per heavy atom. The second-order valence-electron chi connectivity index (χ2n) is 9.55. The molecule has 0 saturated carbocycles. The molecule has 32 heavy (non-hydrogen) atoms. The Morgan fingerprint density at radius 1 is 1.00 bits per heavy atom. The summed E-state index contributed by atoms with van der Waals surface area (Å²) in [4.78, 5) is 13.2. The molecule has 4 aromatic rings. The van der Waals surface area contributed by atoms with E-state index in [4.69, 9.17) is 4.42 Å². The van der Waals surface area contributed by atoms with Gasteiger partial charge in [0, 0.05) is 22.8 Å². The van der Waals surface area contributed by atoms with Crippen molar-refractivity contribution in [3.8, 4) is 0 Å². The van der Waals surface area contributed by atoms with Gasteiger partial charge in [-0.05, 0) is 60.9 Å². The number of allylic oxidation sites excluding steroid dienone is 3. The monoisotopic (exact) mass is 423 g/mol. The fourth-order valence-electron chi connectivity index (χ4n) is 5.21. The smallest absolute Gasteiger partial charge is 0.361 e. The number of hydrogen-bond donors (Lipinski definition) is 0. The van der Waals surface area contributed by atoms with E-state index in [-0.39, 0.29) is 11.0 Å². The van der Waals surface area contributed by atoms with E-state index >= 15 is 0 Å². The van der Waals surface area contributed by atoms with Gasteiger partial charge in [0.15, 0.2) is 0 Å². The van der Waals surface area contributed by atoms with Gasteiger partial charge >= 0.3 is 5.63 Å². The Hall–Kier alpha value is -3.33. The highest BCUT2D eigenvalue weighted by Gasteiger charge is 2.26. The van der Waals surface area contributed by atoms with Crippen LogP contribution in [0.2, 0.25) is 0 Å². The first kappa shape index (κ1) is 20.6. The summed E-state index contributed by atoms with van der Waals surface area (Å²) in [6.07, 6.45) is 7.68. The van der Waals surface area contributed by atoms with Crippen molar-refractivity contribution in [3.63, 3.8) is 0 Å². The molecule has 0 aliphatic heterocycles. The van der Waals surface area contributed by atoms with Crippen LogP contribution in [0.25, 0.3) is 27.9 Å². The number of aromatic nitrogens is 1. The standard InChI is InChI=1S/C29H29NO2/c1-20-10-9-17-29(2,3)25(20)16-15-22-18-24-23-13-7-8-14-26(23)30(27(24)28(31)32-22)19-21-11-5-4-6-12-21/h4-8,11-16,18H,9-10,17,19H2,1-3H3/b16-15+. The molecule has 0 saturated heterocycles. The van der Waals surface area contributed by atoms with Gasteiger partial charge in [0.1, 0.15) is 11.3 Å². The first-order chi connectivity index (χ1) is 15.4. The lowest BCUT2D eigenvalue weighted by molar-refractivity contribution is 0.377. The summed E-state index contributed by atoms with van der Waals surface area (Å²) >= 11 is 0. The molecule has 3 heteroatoms. The van der Waals surface area contributed by atoms with Gasteiger partial charge in [0.05, 0.1) is 0 Å². The lowest BCUT2D eigenvalue weighted by Crippen LogP contribution is -2.19. The lowest BCUT2D eigenvalue weighted by atomic mass is 9.72. The van der Waals surface area contributed by atoms with E-state index in [9.17, 15) is 4.79 Å². The van der Waals surface area contributed by atoms with Crippen LogP contribution in [0.1, 0.15) is 51.4 Å². The number of nitrogens with zero attached hydrogens (tertiary/aromatic N) is 1. The number of fused-ring (bicyclic) bond motifs is 3. The first-order valence-electron chi connectivity index (χ1n) is 11.4. The number of benzene rings is 2. The van der Waals surface area contributed by atoms with E-state index < -0.39 is 0 Å². The van der Waals surface area contributed by atoms with Crippen molar-refractivity contribution >= 4 is 27.9 Å². The molecule has 1 aliphatic rings. The first-order valence-corrected chi connectivity index (χ1v) is 11.4. The molecular weight excluding hydrogens is 394 g/mol. The van der Waals surface area contributed by atoms with Crippen molar-refractivity contribution in [2.24, 2.45) is 5.41 Å². The van der Waals surface area contributed by atoms with Gasteiger partial charge in [0.25, 0.3) is 0 Å². The maximum Gasteiger partial charge on any atom is 0.361 e. The number of para-hydroxylation sites is 1. The maximum atomic E-state index is 13.2. The van der Waals surface area contributed by atoms with E-state index in [1.165, 1.54) is 24.0 Å². The van der Waals surface area contributed by atoms with Gasteiger partial charge < -0.3 is 8.98 Å². The minimum atomic E-state index is -0.289. The van der Waals surface area contributed by atoms with Crippen molar-refractivity contribution < 1.29 is 4.42 Å². The Kier molecular flexibility index (Phi) is 5.13. The predicted molar refractivity (Wildman–Crippen MR) is 133 cm³/mol. The van der Waals surface area contributed by atoms with E-state index in [0.717, 1.165) is 28.3 Å². The molecule has 5 rings (SSSR count). The maximum absolute atomic E-state index is 13.2. The fourth-order valence-corrected chi connectivity index (χ4v) is 5.21. The van der Waals surface area contributed by atoms with E-state index in [1.807, 2.05) is 42.5 Å². The molecule has 0 amide bonds. The van der Waals surface area contributed by atoms with Gasteiger partial charge in [-0.3, -0.25) is 0 Å². The molecule has 0 unspecified atom stereocenters. The summed E-state index contributed by atoms with van der Waals surface area (Å²) in [5.41, 5.74) is 5.48. The number of rotatable bonds is 4. The zero-order chi connectivity index (χ0) is 22.3. The Bertz CT molecular complexity index is 1410. The van der Waals surface area contributed by atoms with Gasteiger partial charge in [-0.25, -0.2) is 4.79 Å². The summed E-state index contributed by atoms with van der Waals surface area (Å²) in [6.45, 7) is 7.44. The predicted octanol–water partition coefficient (Wildman–Crippen LogP) is 7.34. The van der Waals surface area contributed by atoms with Gasteiger partial charge in [-0.2, -0.15) is 0 Å². The van der Waals surface area contributed by atoms with Crippen LogP contribution in [-0.4, -0.2) is 4.57 Å². The molecule has 2 aromatic heterocycles. The van der Waals surface area contributed by atoms with Crippen molar-refractivity contribution in [1.82, 2.24) is 4.57 Å². The number of hydrogen-bond acceptors (Lipinski definition) is 2. The third kappa shape index (κ3) is 3.62. The minimum Gasteiger partial charge on any atom is -0.422 e. The Labute approximate surface area is 188 Å². The average Bonchev–Trinajstić information content (AvgIpc) is 3.08. The third-order valence-electron chi connectivity index (χ3n) is 6.84. The summed E-state index contributed by atoms with van der Waals surface area (Å²) < 4.78 is 7.89. The van der Waals surface area contributed by atoms with Crippen molar-refractivity contribution in [1.29, 1.82) is 0 Å². The van der Waals surface area contributed by atoms with Gasteiger partial charge in [0.2, 0.25) is 0 Å². The lowest BCUT2D eigenvalue weighted by Gasteiger charge is -2.32. The SMILES string of the molecule is CC1=C(/C=C/c2cc3c4ccccc4n(Cc4ccccc4)c3c(=O)o2)C(C)(C)CCC1. The molecule has 162 valence electrons. The quantitative estimate of drug-likeness (QED) is 0.344. The van der Waals surface area contributed by atoms with E-state index in [2.05, 4.69) is 55.7 Å².